The summed E-state index contributed by atoms with van der Waals surface area (Å²) in [4.78, 5) is 18.2. The van der Waals surface area contributed by atoms with Crippen molar-refractivity contribution in [3.63, 3.8) is 0 Å². The first-order valence-electron chi connectivity index (χ1n) is 6.14. The zero-order valence-electron chi connectivity index (χ0n) is 11.1. The van der Waals surface area contributed by atoms with Crippen LogP contribution in [0.5, 0.6) is 11.5 Å². The third-order valence-corrected chi connectivity index (χ3v) is 5.14. The maximum absolute atomic E-state index is 11.3. The fourth-order valence-electron chi connectivity index (χ4n) is 1.87. The lowest BCUT2D eigenvalue weighted by Gasteiger charge is -2.02. The van der Waals surface area contributed by atoms with E-state index >= 15 is 0 Å². The number of pyridine rings is 1. The van der Waals surface area contributed by atoms with Crippen LogP contribution in [-0.2, 0) is 5.75 Å². The zero-order valence-corrected chi connectivity index (χ0v) is 12.8. The van der Waals surface area contributed by atoms with Gasteiger partial charge in [-0.25, -0.2) is 4.98 Å². The zero-order chi connectivity index (χ0) is 14.8. The molecule has 3 rings (SSSR count). The van der Waals surface area contributed by atoms with Gasteiger partial charge in [0.05, 0.1) is 7.11 Å². The summed E-state index contributed by atoms with van der Waals surface area (Å²) in [6, 6.07) is 8.99. The summed E-state index contributed by atoms with van der Waals surface area (Å²) >= 11 is 2.91. The van der Waals surface area contributed by atoms with Crippen LogP contribution in [-0.4, -0.2) is 22.2 Å². The van der Waals surface area contributed by atoms with Crippen molar-refractivity contribution in [2.45, 2.75) is 10.1 Å². The number of thioether (sulfide) groups is 1. The van der Waals surface area contributed by atoms with Gasteiger partial charge in [-0.05, 0) is 17.7 Å². The first-order chi connectivity index (χ1) is 10.2. The smallest absolute Gasteiger partial charge is 0.253 e. The molecule has 1 aromatic carbocycles. The molecule has 5 nitrogen and oxygen atoms in total. The van der Waals surface area contributed by atoms with Gasteiger partial charge in [0.25, 0.3) is 5.56 Å². The van der Waals surface area contributed by atoms with Crippen LogP contribution in [0.3, 0.4) is 0 Å². The number of fused-ring (bicyclic) bond motifs is 1. The van der Waals surface area contributed by atoms with Crippen molar-refractivity contribution in [1.82, 2.24) is 9.97 Å². The molecule has 2 N–H and O–H groups in total. The Bertz CT molecular complexity index is 842. The van der Waals surface area contributed by atoms with Crippen molar-refractivity contribution in [2.75, 3.05) is 7.11 Å². The highest BCUT2D eigenvalue weighted by molar-refractivity contribution is 8.00. The molecule has 0 aliphatic carbocycles. The van der Waals surface area contributed by atoms with Crippen LogP contribution in [0.1, 0.15) is 5.56 Å². The van der Waals surface area contributed by atoms with E-state index in [1.165, 1.54) is 11.3 Å². The fourth-order valence-corrected chi connectivity index (χ4v) is 3.83. The number of aromatic hydroxyl groups is 1. The van der Waals surface area contributed by atoms with Gasteiger partial charge < -0.3 is 14.8 Å². The Morgan fingerprint density at radius 2 is 2.29 bits per heavy atom. The van der Waals surface area contributed by atoms with E-state index in [1.807, 2.05) is 24.3 Å². The highest BCUT2D eigenvalue weighted by atomic mass is 32.2. The minimum absolute atomic E-state index is 0.0283. The Morgan fingerprint density at radius 1 is 1.43 bits per heavy atom. The Balaban J connectivity index is 1.82. The summed E-state index contributed by atoms with van der Waals surface area (Å²) in [5.74, 6) is 1.53. The maximum atomic E-state index is 11.3. The summed E-state index contributed by atoms with van der Waals surface area (Å²) < 4.78 is 6.58. The van der Waals surface area contributed by atoms with E-state index < -0.39 is 0 Å². The van der Waals surface area contributed by atoms with Crippen LogP contribution < -0.4 is 10.3 Å². The first kappa shape index (κ1) is 14.0. The van der Waals surface area contributed by atoms with E-state index in [0.717, 1.165) is 27.5 Å². The van der Waals surface area contributed by atoms with Gasteiger partial charge in [0.1, 0.15) is 16.2 Å². The maximum Gasteiger partial charge on any atom is 0.253 e. The van der Waals surface area contributed by atoms with E-state index in [2.05, 4.69) is 9.97 Å². The molecule has 108 valence electrons. The van der Waals surface area contributed by atoms with Crippen LogP contribution in [0.25, 0.3) is 10.3 Å². The number of ether oxygens (including phenoxy) is 1. The number of aromatic nitrogens is 2. The summed E-state index contributed by atoms with van der Waals surface area (Å²) in [5.41, 5.74) is 1.20. The number of nitrogens with zero attached hydrogens (tertiary/aromatic N) is 1. The van der Waals surface area contributed by atoms with Crippen molar-refractivity contribution in [1.29, 1.82) is 0 Å². The molecular weight excluding hydrogens is 308 g/mol. The topological polar surface area (TPSA) is 75.2 Å². The average molecular weight is 320 g/mol. The Morgan fingerprint density at radius 3 is 3.10 bits per heavy atom. The van der Waals surface area contributed by atoms with E-state index in [1.54, 1.807) is 18.9 Å². The molecule has 0 saturated carbocycles. The monoisotopic (exact) mass is 320 g/mol. The molecule has 0 unspecified atom stereocenters. The summed E-state index contributed by atoms with van der Waals surface area (Å²) in [6.07, 6.45) is 0. The quantitative estimate of drug-likeness (QED) is 0.723. The molecule has 2 heterocycles. The van der Waals surface area contributed by atoms with Crippen molar-refractivity contribution < 1.29 is 9.84 Å². The van der Waals surface area contributed by atoms with Gasteiger partial charge in [0.15, 0.2) is 9.99 Å². The number of hydrogen-bond donors (Lipinski definition) is 2. The molecule has 0 fully saturated rings. The number of benzene rings is 1. The molecule has 7 heteroatoms. The predicted octanol–water partition coefficient (Wildman–Crippen LogP) is 2.99. The second-order valence-electron chi connectivity index (χ2n) is 4.32. The van der Waals surface area contributed by atoms with Crippen molar-refractivity contribution in [2.24, 2.45) is 0 Å². The Kier molecular flexibility index (Phi) is 3.85. The molecule has 0 aliphatic rings. The normalized spacial score (nSPS) is 10.9. The number of rotatable bonds is 4. The molecule has 0 saturated heterocycles. The lowest BCUT2D eigenvalue weighted by atomic mass is 10.2. The van der Waals surface area contributed by atoms with Gasteiger partial charge in [-0.15, -0.1) is 11.3 Å². The van der Waals surface area contributed by atoms with Crippen molar-refractivity contribution >= 4 is 33.4 Å². The van der Waals surface area contributed by atoms with E-state index in [0.29, 0.717) is 10.3 Å². The number of hydrogen-bond acceptors (Lipinski definition) is 6. The minimum atomic E-state index is -0.352. The molecule has 2 aromatic heterocycles. The van der Waals surface area contributed by atoms with Gasteiger partial charge in [-0.1, -0.05) is 23.9 Å². The molecule has 21 heavy (non-hydrogen) atoms. The van der Waals surface area contributed by atoms with E-state index in [4.69, 9.17) is 4.74 Å². The number of aromatic amines is 1. The Labute approximate surface area is 128 Å². The van der Waals surface area contributed by atoms with Crippen molar-refractivity contribution in [3.05, 3.63) is 46.2 Å². The first-order valence-corrected chi connectivity index (χ1v) is 7.94. The highest BCUT2D eigenvalue weighted by Crippen LogP contribution is 2.34. The molecular formula is C14H12N2O3S2. The van der Waals surface area contributed by atoms with Gasteiger partial charge in [0, 0.05) is 11.8 Å². The molecule has 0 amide bonds. The largest absolute Gasteiger partial charge is 0.506 e. The minimum Gasteiger partial charge on any atom is -0.506 e. The van der Waals surface area contributed by atoms with Gasteiger partial charge >= 0.3 is 0 Å². The van der Waals surface area contributed by atoms with Crippen LogP contribution >= 0.6 is 23.1 Å². The summed E-state index contributed by atoms with van der Waals surface area (Å²) in [6.45, 7) is 0. The standard InChI is InChI=1S/C14H12N2O3S2/c1-19-9-4-2-3-8(5-9)7-20-14-16-13-12(21-14)10(17)6-11(18)15-13/h2-6H,7H2,1H3,(H2,15,17,18). The molecule has 0 radical (unpaired) electrons. The summed E-state index contributed by atoms with van der Waals surface area (Å²) in [5, 5.41) is 9.74. The third kappa shape index (κ3) is 3.03. The average Bonchev–Trinajstić information content (AvgIpc) is 2.88. The van der Waals surface area contributed by atoms with Crippen LogP contribution in [0.15, 0.2) is 39.5 Å². The lowest BCUT2D eigenvalue weighted by Crippen LogP contribution is -2.02. The summed E-state index contributed by atoms with van der Waals surface area (Å²) in [7, 11) is 1.64. The number of thiazole rings is 1. The van der Waals surface area contributed by atoms with Crippen molar-refractivity contribution in [3.8, 4) is 11.5 Å². The number of H-pyrrole nitrogens is 1. The third-order valence-electron chi connectivity index (χ3n) is 2.85. The fraction of sp³-hybridized carbons (Fsp3) is 0.143. The van der Waals surface area contributed by atoms with Gasteiger partial charge in [-0.3, -0.25) is 4.79 Å². The molecule has 0 bridgehead atoms. The Hall–Kier alpha value is -1.99. The van der Waals surface area contributed by atoms with Crippen LogP contribution in [0, 0.1) is 0 Å². The second kappa shape index (κ2) is 5.79. The predicted molar refractivity (Wildman–Crippen MR) is 84.5 cm³/mol. The van der Waals surface area contributed by atoms with E-state index in [-0.39, 0.29) is 11.3 Å². The van der Waals surface area contributed by atoms with E-state index in [9.17, 15) is 9.90 Å². The molecule has 0 aliphatic heterocycles. The molecule has 3 aromatic rings. The SMILES string of the molecule is COc1cccc(CSc2nc3[nH]c(=O)cc(O)c3s2)c1. The van der Waals surface area contributed by atoms with Crippen LogP contribution in [0.4, 0.5) is 0 Å². The lowest BCUT2D eigenvalue weighted by molar-refractivity contribution is 0.414. The molecule has 0 atom stereocenters. The van der Waals surface area contributed by atoms with Crippen LogP contribution in [0.2, 0.25) is 0 Å². The van der Waals surface area contributed by atoms with Gasteiger partial charge in [0.2, 0.25) is 0 Å². The second-order valence-corrected chi connectivity index (χ2v) is 6.54. The molecule has 0 spiro atoms. The highest BCUT2D eigenvalue weighted by Gasteiger charge is 2.10. The van der Waals surface area contributed by atoms with Gasteiger partial charge in [-0.2, -0.15) is 0 Å². The number of nitrogens with one attached hydrogen (secondary N) is 1. The number of methoxy groups -OCH3 is 1.